The first-order valence-corrected chi connectivity index (χ1v) is 5.14. The smallest absolute Gasteiger partial charge is 0.320 e. The molecular formula is C10H19NO3. The second kappa shape index (κ2) is 5.32. The predicted molar refractivity (Wildman–Crippen MR) is 53.1 cm³/mol. The zero-order valence-electron chi connectivity index (χ0n) is 9.16. The van der Waals surface area contributed by atoms with Gasteiger partial charge in [-0.15, -0.1) is 0 Å². The van der Waals surface area contributed by atoms with Gasteiger partial charge in [0.1, 0.15) is 0 Å². The van der Waals surface area contributed by atoms with Crippen LogP contribution in [-0.2, 0) is 14.3 Å². The van der Waals surface area contributed by atoms with E-state index in [1.54, 1.807) is 0 Å². The molecule has 4 heteroatoms. The molecule has 0 aromatic rings. The van der Waals surface area contributed by atoms with Gasteiger partial charge in [-0.3, -0.25) is 9.69 Å². The molecule has 82 valence electrons. The van der Waals surface area contributed by atoms with Crippen LogP contribution in [0.4, 0.5) is 0 Å². The van der Waals surface area contributed by atoms with Crippen LogP contribution in [-0.4, -0.2) is 49.3 Å². The molecule has 2 atom stereocenters. The van der Waals surface area contributed by atoms with E-state index in [1.165, 1.54) is 0 Å². The third-order valence-electron chi connectivity index (χ3n) is 2.37. The average Bonchev–Trinajstić information content (AvgIpc) is 2.12. The molecule has 0 radical (unpaired) electrons. The summed E-state index contributed by atoms with van der Waals surface area (Å²) in [7, 11) is 0. The Morgan fingerprint density at radius 3 is 2.93 bits per heavy atom. The first kappa shape index (κ1) is 11.5. The number of morpholine rings is 1. The van der Waals surface area contributed by atoms with Crippen LogP contribution in [0.15, 0.2) is 0 Å². The van der Waals surface area contributed by atoms with Gasteiger partial charge in [0.05, 0.1) is 25.9 Å². The lowest BCUT2D eigenvalue weighted by molar-refractivity contribution is -0.147. The topological polar surface area (TPSA) is 38.8 Å². The molecule has 4 nitrogen and oxygen atoms in total. The molecule has 0 saturated carbocycles. The quantitative estimate of drug-likeness (QED) is 0.629. The summed E-state index contributed by atoms with van der Waals surface area (Å²) in [6.07, 6.45) is 0.209. The Kier molecular flexibility index (Phi) is 4.35. The van der Waals surface area contributed by atoms with E-state index in [9.17, 15) is 4.79 Å². The molecular weight excluding hydrogens is 182 g/mol. The lowest BCUT2D eigenvalue weighted by atomic mass is 10.2. The summed E-state index contributed by atoms with van der Waals surface area (Å²) in [4.78, 5) is 13.4. The van der Waals surface area contributed by atoms with Crippen LogP contribution in [0.2, 0.25) is 0 Å². The zero-order chi connectivity index (χ0) is 10.6. The summed E-state index contributed by atoms with van der Waals surface area (Å²) in [6, 6.07) is 0.301. The molecule has 1 aliphatic rings. The Bertz CT molecular complexity index is 196. The van der Waals surface area contributed by atoms with Crippen LogP contribution >= 0.6 is 0 Å². The van der Waals surface area contributed by atoms with Crippen LogP contribution in [0.5, 0.6) is 0 Å². The monoisotopic (exact) mass is 201 g/mol. The second-order valence-electron chi connectivity index (χ2n) is 3.73. The lowest BCUT2D eigenvalue weighted by Crippen LogP contribution is -2.49. The van der Waals surface area contributed by atoms with Crippen LogP contribution in [0.25, 0.3) is 0 Å². The summed E-state index contributed by atoms with van der Waals surface area (Å²) < 4.78 is 10.4. The van der Waals surface area contributed by atoms with Gasteiger partial charge in [-0.2, -0.15) is 0 Å². The fourth-order valence-corrected chi connectivity index (χ4v) is 1.56. The minimum atomic E-state index is -0.145. The Labute approximate surface area is 85.2 Å². The summed E-state index contributed by atoms with van der Waals surface area (Å²) in [6.45, 7) is 8.23. The number of carbonyl (C=O) groups excluding carboxylic acids is 1. The molecule has 0 N–H and O–H groups in total. The SMILES string of the molecule is CCOC(=O)CN1C[C@@H](C)OC[C@@H]1C. The van der Waals surface area contributed by atoms with Gasteiger partial charge in [-0.05, 0) is 20.8 Å². The minimum absolute atomic E-state index is 0.145. The molecule has 0 unspecified atom stereocenters. The van der Waals surface area contributed by atoms with Crippen LogP contribution in [0.3, 0.4) is 0 Å². The van der Waals surface area contributed by atoms with Crippen molar-refractivity contribution in [1.82, 2.24) is 4.90 Å². The molecule has 0 bridgehead atoms. The van der Waals surface area contributed by atoms with Crippen molar-refractivity contribution in [2.24, 2.45) is 0 Å². The van der Waals surface area contributed by atoms with E-state index in [2.05, 4.69) is 11.8 Å². The highest BCUT2D eigenvalue weighted by Crippen LogP contribution is 2.10. The van der Waals surface area contributed by atoms with Crippen molar-refractivity contribution in [2.75, 3.05) is 26.3 Å². The summed E-state index contributed by atoms with van der Waals surface area (Å²) in [5.74, 6) is -0.145. The van der Waals surface area contributed by atoms with Crippen molar-refractivity contribution in [3.05, 3.63) is 0 Å². The Morgan fingerprint density at radius 1 is 1.57 bits per heavy atom. The number of esters is 1. The number of carbonyl (C=O) groups is 1. The van der Waals surface area contributed by atoms with Gasteiger partial charge >= 0.3 is 5.97 Å². The highest BCUT2D eigenvalue weighted by atomic mass is 16.5. The fourth-order valence-electron chi connectivity index (χ4n) is 1.56. The molecule has 0 amide bonds. The van der Waals surface area contributed by atoms with Gasteiger partial charge in [0, 0.05) is 12.6 Å². The fraction of sp³-hybridized carbons (Fsp3) is 0.900. The number of rotatable bonds is 3. The molecule has 0 aromatic heterocycles. The maximum absolute atomic E-state index is 11.3. The number of hydrogen-bond donors (Lipinski definition) is 0. The maximum atomic E-state index is 11.3. The van der Waals surface area contributed by atoms with Crippen LogP contribution in [0.1, 0.15) is 20.8 Å². The van der Waals surface area contributed by atoms with Crippen LogP contribution in [0, 0.1) is 0 Å². The molecule has 0 aliphatic carbocycles. The highest BCUT2D eigenvalue weighted by Gasteiger charge is 2.25. The normalized spacial score (nSPS) is 28.8. The Hall–Kier alpha value is -0.610. The summed E-state index contributed by atoms with van der Waals surface area (Å²) >= 11 is 0. The van der Waals surface area contributed by atoms with Crippen LogP contribution < -0.4 is 0 Å². The third kappa shape index (κ3) is 3.27. The molecule has 1 aliphatic heterocycles. The zero-order valence-corrected chi connectivity index (χ0v) is 9.16. The van der Waals surface area contributed by atoms with E-state index < -0.39 is 0 Å². The lowest BCUT2D eigenvalue weighted by Gasteiger charge is -2.35. The second-order valence-corrected chi connectivity index (χ2v) is 3.73. The van der Waals surface area contributed by atoms with Crippen molar-refractivity contribution >= 4 is 5.97 Å². The van der Waals surface area contributed by atoms with E-state index in [4.69, 9.17) is 9.47 Å². The molecule has 0 spiro atoms. The minimum Gasteiger partial charge on any atom is -0.465 e. The predicted octanol–water partition coefficient (Wildman–Crippen LogP) is 0.659. The van der Waals surface area contributed by atoms with E-state index in [1.807, 2.05) is 13.8 Å². The van der Waals surface area contributed by atoms with E-state index >= 15 is 0 Å². The van der Waals surface area contributed by atoms with Crippen molar-refractivity contribution in [3.63, 3.8) is 0 Å². The van der Waals surface area contributed by atoms with Gasteiger partial charge < -0.3 is 9.47 Å². The third-order valence-corrected chi connectivity index (χ3v) is 2.37. The van der Waals surface area contributed by atoms with E-state index in [0.29, 0.717) is 25.8 Å². The van der Waals surface area contributed by atoms with Gasteiger partial charge in [-0.25, -0.2) is 0 Å². The first-order chi connectivity index (χ1) is 6.63. The standard InChI is InChI=1S/C10H19NO3/c1-4-13-10(12)6-11-5-9(3)14-7-8(11)2/h8-9H,4-7H2,1-3H3/t8-,9+/m0/s1. The van der Waals surface area contributed by atoms with Gasteiger partial charge in [-0.1, -0.05) is 0 Å². The first-order valence-electron chi connectivity index (χ1n) is 5.14. The Balaban J connectivity index is 2.37. The number of nitrogens with zero attached hydrogens (tertiary/aromatic N) is 1. The summed E-state index contributed by atoms with van der Waals surface area (Å²) in [5, 5.41) is 0. The Morgan fingerprint density at radius 2 is 2.29 bits per heavy atom. The molecule has 1 fully saturated rings. The molecule has 14 heavy (non-hydrogen) atoms. The van der Waals surface area contributed by atoms with Crippen molar-refractivity contribution in [3.8, 4) is 0 Å². The number of hydrogen-bond acceptors (Lipinski definition) is 4. The highest BCUT2D eigenvalue weighted by molar-refractivity contribution is 5.71. The average molecular weight is 201 g/mol. The molecule has 1 rings (SSSR count). The van der Waals surface area contributed by atoms with Crippen molar-refractivity contribution < 1.29 is 14.3 Å². The van der Waals surface area contributed by atoms with Crippen molar-refractivity contribution in [2.45, 2.75) is 32.9 Å². The van der Waals surface area contributed by atoms with Gasteiger partial charge in [0.25, 0.3) is 0 Å². The summed E-state index contributed by atoms with van der Waals surface area (Å²) in [5.41, 5.74) is 0. The van der Waals surface area contributed by atoms with Gasteiger partial charge in [0.15, 0.2) is 0 Å². The van der Waals surface area contributed by atoms with Gasteiger partial charge in [0.2, 0.25) is 0 Å². The number of ether oxygens (including phenoxy) is 2. The molecule has 1 heterocycles. The molecule has 1 saturated heterocycles. The van der Waals surface area contributed by atoms with Crippen molar-refractivity contribution in [1.29, 1.82) is 0 Å². The maximum Gasteiger partial charge on any atom is 0.320 e. The van der Waals surface area contributed by atoms with E-state index in [0.717, 1.165) is 6.54 Å². The van der Waals surface area contributed by atoms with E-state index in [-0.39, 0.29) is 12.1 Å². The molecule has 0 aromatic carbocycles. The largest absolute Gasteiger partial charge is 0.465 e.